The van der Waals surface area contributed by atoms with Gasteiger partial charge < -0.3 is 4.74 Å². The Morgan fingerprint density at radius 1 is 1.32 bits per heavy atom. The molecule has 1 N–H and O–H groups in total. The van der Waals surface area contributed by atoms with Crippen LogP contribution in [0.2, 0.25) is 5.02 Å². The van der Waals surface area contributed by atoms with E-state index < -0.39 is 31.7 Å². The molecule has 0 saturated heterocycles. The number of hydrogen-bond donors (Lipinski definition) is 1. The molecular weight excluding hydrogens is 354 g/mol. The van der Waals surface area contributed by atoms with Crippen molar-refractivity contribution >= 4 is 37.4 Å². The quantitative estimate of drug-likeness (QED) is 0.744. The monoisotopic (exact) mass is 369 g/mol. The van der Waals surface area contributed by atoms with Gasteiger partial charge in [0.15, 0.2) is 9.84 Å². The Balaban J connectivity index is 3.10. The van der Waals surface area contributed by atoms with Gasteiger partial charge in [0.05, 0.1) is 22.9 Å². The Morgan fingerprint density at radius 2 is 1.91 bits per heavy atom. The molecule has 1 aromatic rings. The molecule has 7 nitrogen and oxygen atoms in total. The molecule has 124 valence electrons. The van der Waals surface area contributed by atoms with Crippen molar-refractivity contribution in [3.8, 4) is 0 Å². The third-order valence-electron chi connectivity index (χ3n) is 2.80. The first-order valence-corrected chi connectivity index (χ1v) is 9.81. The third-order valence-corrected chi connectivity index (χ3v) is 5.82. The summed E-state index contributed by atoms with van der Waals surface area (Å²) in [6.45, 7) is 1.29. The van der Waals surface area contributed by atoms with E-state index in [-0.39, 0.29) is 21.4 Å². The lowest BCUT2D eigenvalue weighted by molar-refractivity contribution is -0.144. The molecule has 0 unspecified atom stereocenters. The first kappa shape index (κ1) is 18.9. The number of sulfonamides is 1. The van der Waals surface area contributed by atoms with Crippen LogP contribution in [0, 0.1) is 5.92 Å². The second-order valence-corrected chi connectivity index (χ2v) is 8.80. The average Bonchev–Trinajstić information content (AvgIpc) is 2.42. The fraction of sp³-hybridized carbons (Fsp3) is 0.417. The predicted octanol–water partition coefficient (Wildman–Crippen LogP) is 0.831. The van der Waals surface area contributed by atoms with E-state index in [0.29, 0.717) is 0 Å². The summed E-state index contributed by atoms with van der Waals surface area (Å²) < 4.78 is 54.1. The van der Waals surface area contributed by atoms with Gasteiger partial charge in [-0.25, -0.2) is 21.6 Å². The molecule has 1 atom stereocenters. The van der Waals surface area contributed by atoms with Crippen molar-refractivity contribution < 1.29 is 26.4 Å². The zero-order valence-corrected chi connectivity index (χ0v) is 14.5. The number of carbonyl (C=O) groups excluding carboxylic acids is 1. The average molecular weight is 370 g/mol. The smallest absolute Gasteiger partial charge is 0.309 e. The van der Waals surface area contributed by atoms with E-state index in [9.17, 15) is 21.6 Å². The molecule has 0 heterocycles. The number of hydrogen-bond acceptors (Lipinski definition) is 6. The Bertz CT molecular complexity index is 773. The van der Waals surface area contributed by atoms with Crippen molar-refractivity contribution in [3.63, 3.8) is 0 Å². The fourth-order valence-electron chi connectivity index (χ4n) is 1.52. The van der Waals surface area contributed by atoms with E-state index in [4.69, 9.17) is 11.6 Å². The van der Waals surface area contributed by atoms with Gasteiger partial charge in [0.25, 0.3) is 0 Å². The van der Waals surface area contributed by atoms with Crippen LogP contribution in [0.1, 0.15) is 6.92 Å². The Kier molecular flexibility index (Phi) is 5.96. The molecule has 10 heteroatoms. The van der Waals surface area contributed by atoms with Crippen molar-refractivity contribution in [2.45, 2.75) is 16.7 Å². The number of halogens is 1. The molecule has 1 rings (SSSR count). The van der Waals surface area contributed by atoms with Crippen LogP contribution in [0.4, 0.5) is 0 Å². The largest absolute Gasteiger partial charge is 0.469 e. The lowest BCUT2D eigenvalue weighted by Gasteiger charge is -2.12. The van der Waals surface area contributed by atoms with Gasteiger partial charge in [-0.05, 0) is 18.2 Å². The topological polar surface area (TPSA) is 107 Å². The number of benzene rings is 1. The van der Waals surface area contributed by atoms with Crippen LogP contribution < -0.4 is 4.72 Å². The van der Waals surface area contributed by atoms with Crippen molar-refractivity contribution in [1.82, 2.24) is 4.72 Å². The zero-order chi connectivity index (χ0) is 17.1. The standard InChI is InChI=1S/C12H16ClNO6S2/c1-8(12(15)20-2)7-14-22(18,19)11-6-9(21(3,16)17)4-5-10(11)13/h4-6,8,14H,7H2,1-3H3/t8-/m0/s1. The summed E-state index contributed by atoms with van der Waals surface area (Å²) in [5, 5.41) is -0.120. The first-order chi connectivity index (χ1) is 9.99. The first-order valence-electron chi connectivity index (χ1n) is 6.06. The lowest BCUT2D eigenvalue weighted by Crippen LogP contribution is -2.32. The normalized spacial score (nSPS) is 13.6. The summed E-state index contributed by atoms with van der Waals surface area (Å²) in [4.78, 5) is 10.7. The molecular formula is C12H16ClNO6S2. The number of esters is 1. The van der Waals surface area contributed by atoms with Crippen molar-refractivity contribution in [1.29, 1.82) is 0 Å². The molecule has 0 radical (unpaired) electrons. The highest BCUT2D eigenvalue weighted by molar-refractivity contribution is 7.91. The zero-order valence-electron chi connectivity index (χ0n) is 12.2. The summed E-state index contributed by atoms with van der Waals surface area (Å²) in [6.07, 6.45) is 0.958. The molecule has 0 spiro atoms. The maximum absolute atomic E-state index is 12.2. The van der Waals surface area contributed by atoms with Crippen LogP contribution in [0.5, 0.6) is 0 Å². The van der Waals surface area contributed by atoms with Crippen LogP contribution in [-0.4, -0.2) is 42.7 Å². The molecule has 0 saturated carbocycles. The van der Waals surface area contributed by atoms with E-state index in [1.165, 1.54) is 26.2 Å². The summed E-state index contributed by atoms with van der Waals surface area (Å²) in [7, 11) is -6.45. The van der Waals surface area contributed by atoms with E-state index >= 15 is 0 Å². The van der Waals surface area contributed by atoms with Crippen LogP contribution in [0.15, 0.2) is 28.0 Å². The molecule has 0 bridgehead atoms. The van der Waals surface area contributed by atoms with Gasteiger partial charge >= 0.3 is 5.97 Å². The second-order valence-electron chi connectivity index (χ2n) is 4.64. The van der Waals surface area contributed by atoms with E-state index in [0.717, 1.165) is 12.3 Å². The maximum Gasteiger partial charge on any atom is 0.309 e. The van der Waals surface area contributed by atoms with Gasteiger partial charge in [0.2, 0.25) is 10.0 Å². The number of carbonyl (C=O) groups is 1. The number of ether oxygens (including phenoxy) is 1. The number of nitrogens with one attached hydrogen (secondary N) is 1. The molecule has 0 fully saturated rings. The number of sulfone groups is 1. The second kappa shape index (κ2) is 6.95. The SMILES string of the molecule is COC(=O)[C@@H](C)CNS(=O)(=O)c1cc(S(C)(=O)=O)ccc1Cl. The third kappa shape index (κ3) is 4.67. The van der Waals surface area contributed by atoms with Gasteiger partial charge in [0.1, 0.15) is 4.90 Å². The van der Waals surface area contributed by atoms with Gasteiger partial charge in [-0.2, -0.15) is 0 Å². The molecule has 0 aromatic heterocycles. The summed E-state index contributed by atoms with van der Waals surface area (Å²) in [6, 6.07) is 3.38. The molecule has 0 aliphatic carbocycles. The van der Waals surface area contributed by atoms with Gasteiger partial charge in [-0.1, -0.05) is 18.5 Å². The molecule has 1 aromatic carbocycles. The van der Waals surface area contributed by atoms with Crippen molar-refractivity contribution in [3.05, 3.63) is 23.2 Å². The highest BCUT2D eigenvalue weighted by Gasteiger charge is 2.23. The molecule has 0 aliphatic heterocycles. The van der Waals surface area contributed by atoms with Crippen LogP contribution in [0.3, 0.4) is 0 Å². The lowest BCUT2D eigenvalue weighted by atomic mass is 10.2. The van der Waals surface area contributed by atoms with Crippen molar-refractivity contribution in [2.24, 2.45) is 5.92 Å². The Hall–Kier alpha value is -1.16. The van der Waals surface area contributed by atoms with Gasteiger partial charge in [-0.3, -0.25) is 4.79 Å². The highest BCUT2D eigenvalue weighted by atomic mass is 35.5. The van der Waals surface area contributed by atoms with Crippen LogP contribution in [0.25, 0.3) is 0 Å². The summed E-state index contributed by atoms with van der Waals surface area (Å²) in [5.74, 6) is -1.27. The van der Waals surface area contributed by atoms with Crippen LogP contribution in [-0.2, 0) is 29.4 Å². The number of methoxy groups -OCH3 is 1. The maximum atomic E-state index is 12.2. The van der Waals surface area contributed by atoms with E-state index in [2.05, 4.69) is 9.46 Å². The Labute approximate surface area is 134 Å². The van der Waals surface area contributed by atoms with E-state index in [1.54, 1.807) is 0 Å². The minimum Gasteiger partial charge on any atom is -0.469 e. The molecule has 22 heavy (non-hydrogen) atoms. The predicted molar refractivity (Wildman–Crippen MR) is 80.9 cm³/mol. The Morgan fingerprint density at radius 3 is 2.41 bits per heavy atom. The van der Waals surface area contributed by atoms with Gasteiger partial charge in [0, 0.05) is 12.8 Å². The van der Waals surface area contributed by atoms with Gasteiger partial charge in [-0.15, -0.1) is 0 Å². The fourth-order valence-corrected chi connectivity index (χ4v) is 3.89. The molecule has 0 aliphatic rings. The number of rotatable bonds is 6. The summed E-state index contributed by atoms with van der Waals surface area (Å²) in [5.41, 5.74) is 0. The minimum absolute atomic E-state index is 0.120. The van der Waals surface area contributed by atoms with Crippen molar-refractivity contribution in [2.75, 3.05) is 19.9 Å². The van der Waals surface area contributed by atoms with Crippen LogP contribution >= 0.6 is 11.6 Å². The van der Waals surface area contributed by atoms with E-state index in [1.807, 2.05) is 0 Å². The molecule has 0 amide bonds. The highest BCUT2D eigenvalue weighted by Crippen LogP contribution is 2.24. The summed E-state index contributed by atoms with van der Waals surface area (Å²) >= 11 is 5.83. The minimum atomic E-state index is -4.06.